The van der Waals surface area contributed by atoms with Crippen molar-refractivity contribution in [1.29, 1.82) is 0 Å². The van der Waals surface area contributed by atoms with Crippen LogP contribution in [0, 0.1) is 29.6 Å². The Balaban J connectivity index is 0.00000980. The summed E-state index contributed by atoms with van der Waals surface area (Å²) in [6, 6.07) is -1.19. The summed E-state index contributed by atoms with van der Waals surface area (Å²) in [6.07, 6.45) is 0.123. The molecule has 0 spiro atoms. The van der Waals surface area contributed by atoms with Gasteiger partial charge in [0.2, 0.25) is 5.79 Å². The Hall–Kier alpha value is -3.29. The number of methoxy groups -OCH3 is 3. The van der Waals surface area contributed by atoms with Crippen LogP contribution in [-0.4, -0.2) is 181 Å². The molecule has 3 saturated heterocycles. The van der Waals surface area contributed by atoms with Crippen molar-refractivity contribution in [3.05, 3.63) is 23.3 Å². The first-order valence-corrected chi connectivity index (χ1v) is 24.2. The fourth-order valence-electron chi connectivity index (χ4n) is 10.6. The Bertz CT molecular complexity index is 1750. The van der Waals surface area contributed by atoms with Crippen molar-refractivity contribution in [2.75, 3.05) is 61.1 Å². The predicted octanol–water partition coefficient (Wildman–Crippen LogP) is 4.47. The third-order valence-electron chi connectivity index (χ3n) is 15.2. The van der Waals surface area contributed by atoms with Crippen molar-refractivity contribution in [1.82, 2.24) is 14.7 Å². The lowest BCUT2D eigenvalue weighted by Crippen LogP contribution is -2.64. The Kier molecular flexibility index (Phi) is 21.0. The summed E-state index contributed by atoms with van der Waals surface area (Å²) in [5.74, 6) is -8.80. The molecule has 4 heterocycles. The number of esters is 1. The van der Waals surface area contributed by atoms with Crippen molar-refractivity contribution >= 4 is 29.5 Å². The topological polar surface area (TPSA) is 211 Å². The lowest BCUT2D eigenvalue weighted by molar-refractivity contribution is -0.302. The largest absolute Gasteiger partial charge is 0.456 e. The standard InChI is InChI=1S/C49H79N3O14.CH4/c1-11-34-23-28(2)42(55)29(3)24-40(62-9)44-41(63-10)25-31(5)49(60,66-44)45(56)46(57)52-17-13-12-14-35(52)47(58)65-43(32(6)36(53)27-37(34)54)30(4)22-33-15-16-38(39(26-33)61-8)64-48(59)51-20-18-50(7)19-21-51;/h22-23,29,31-36,38-44,53,55,60H,11-21,24-27H2,1-10H3;1H4/b28-23+,30-22+;/t29-,31-,32-,33+,34-,35+,36+,38-,39-,40+,41+,42-,43-,44-,49-;/m1./s1. The van der Waals surface area contributed by atoms with Crippen LogP contribution >= 0.6 is 0 Å². The van der Waals surface area contributed by atoms with Gasteiger partial charge in [-0.1, -0.05) is 47.3 Å². The van der Waals surface area contributed by atoms with E-state index in [-0.39, 0.29) is 57.4 Å². The van der Waals surface area contributed by atoms with Crippen LogP contribution in [0.1, 0.15) is 113 Å². The SMILES string of the molecule is C.CC[C@@H]1/C=C(\C)[C@@H](O)[C@H](C)C[C@H](OC)[C@H]2O[C@@](O)(C(=O)C(=O)N3CCCC[C@H]3C(=O)O[C@H](/C(C)=C/[C@@H]3CC[C@@H](OC(=O)N4CCN(C)CC4)[C@H](OC)C3)[C@H](C)[C@@H](O)CC1=O)[C@H](C)C[C@@H]2OC. The smallest absolute Gasteiger partial charge is 0.410 e. The van der Waals surface area contributed by atoms with E-state index in [4.69, 9.17) is 28.4 Å². The number of Topliss-reactive ketones (excluding diaryl/α,β-unsaturated/α-hetero) is 2. The number of carbonyl (C=O) groups is 5. The van der Waals surface area contributed by atoms with Crippen molar-refractivity contribution in [3.8, 4) is 0 Å². The molecule has 2 amide bonds. The van der Waals surface area contributed by atoms with Gasteiger partial charge in [-0.25, -0.2) is 9.59 Å². The number of fused-ring (bicyclic) bond motifs is 3. The van der Waals surface area contributed by atoms with Crippen molar-refractivity contribution in [3.63, 3.8) is 0 Å². The van der Waals surface area contributed by atoms with Crippen molar-refractivity contribution in [2.24, 2.45) is 29.6 Å². The van der Waals surface area contributed by atoms with E-state index in [0.29, 0.717) is 62.8 Å². The third-order valence-corrected chi connectivity index (χ3v) is 15.2. The molecule has 0 radical (unpaired) electrons. The highest BCUT2D eigenvalue weighted by molar-refractivity contribution is 6.39. The van der Waals surface area contributed by atoms with Gasteiger partial charge in [0.1, 0.15) is 30.1 Å². The number of carbonyl (C=O) groups excluding carboxylic acids is 5. The highest BCUT2D eigenvalue weighted by Crippen LogP contribution is 2.39. The average Bonchev–Trinajstić information content (AvgIpc) is 3.31. The van der Waals surface area contributed by atoms with E-state index in [1.165, 1.54) is 14.2 Å². The van der Waals surface area contributed by atoms with Gasteiger partial charge in [0, 0.05) is 78.2 Å². The second kappa shape index (κ2) is 25.0. The van der Waals surface area contributed by atoms with Gasteiger partial charge in [-0.05, 0) is 102 Å². The second-order valence-corrected chi connectivity index (χ2v) is 19.8. The molecule has 382 valence electrons. The van der Waals surface area contributed by atoms with Crippen LogP contribution in [0.3, 0.4) is 0 Å². The number of cyclic esters (lactones) is 1. The van der Waals surface area contributed by atoms with Gasteiger partial charge in [-0.15, -0.1) is 0 Å². The number of rotatable bonds is 7. The molecule has 67 heavy (non-hydrogen) atoms. The lowest BCUT2D eigenvalue weighted by atomic mass is 9.81. The maximum atomic E-state index is 14.5. The van der Waals surface area contributed by atoms with Gasteiger partial charge < -0.3 is 58.4 Å². The van der Waals surface area contributed by atoms with Crippen molar-refractivity contribution < 1.29 is 67.7 Å². The molecule has 2 bridgehead atoms. The fourth-order valence-corrected chi connectivity index (χ4v) is 10.6. The van der Waals surface area contributed by atoms with Crippen LogP contribution in [0.25, 0.3) is 0 Å². The quantitative estimate of drug-likeness (QED) is 0.183. The summed E-state index contributed by atoms with van der Waals surface area (Å²) < 4.78 is 36.1. The van der Waals surface area contributed by atoms with Crippen LogP contribution in [0.15, 0.2) is 23.3 Å². The number of piperazine rings is 1. The minimum absolute atomic E-state index is 0. The molecule has 4 aliphatic heterocycles. The number of piperidine rings is 1. The third kappa shape index (κ3) is 13.3. The lowest BCUT2D eigenvalue weighted by Gasteiger charge is -2.47. The Morgan fingerprint density at radius 2 is 1.52 bits per heavy atom. The summed E-state index contributed by atoms with van der Waals surface area (Å²) in [6.45, 7) is 13.3. The highest BCUT2D eigenvalue weighted by Gasteiger charge is 2.57. The molecule has 4 fully saturated rings. The van der Waals surface area contributed by atoms with Gasteiger partial charge in [0.25, 0.3) is 11.7 Å². The maximum absolute atomic E-state index is 14.5. The molecule has 0 aromatic rings. The molecule has 1 saturated carbocycles. The van der Waals surface area contributed by atoms with E-state index in [1.54, 1.807) is 45.8 Å². The Morgan fingerprint density at radius 1 is 0.881 bits per heavy atom. The molecule has 17 nitrogen and oxygen atoms in total. The number of aliphatic hydroxyl groups is 3. The minimum Gasteiger partial charge on any atom is -0.456 e. The molecule has 1 aliphatic carbocycles. The van der Waals surface area contributed by atoms with Crippen LogP contribution in [0.4, 0.5) is 4.79 Å². The fraction of sp³-hybridized carbons (Fsp3) is 0.820. The molecular formula is C50H83N3O14. The zero-order chi connectivity index (χ0) is 48.6. The molecule has 0 unspecified atom stereocenters. The van der Waals surface area contributed by atoms with E-state index < -0.39 is 102 Å². The Labute approximate surface area is 398 Å². The molecule has 5 aliphatic rings. The Morgan fingerprint density at radius 3 is 2.15 bits per heavy atom. The summed E-state index contributed by atoms with van der Waals surface area (Å²) in [4.78, 5) is 75.4. The molecule has 5 rings (SSSR count). The zero-order valence-corrected chi connectivity index (χ0v) is 41.0. The van der Waals surface area contributed by atoms with Crippen LogP contribution in [0.5, 0.6) is 0 Å². The van der Waals surface area contributed by atoms with E-state index in [0.717, 1.165) is 18.0 Å². The second-order valence-electron chi connectivity index (χ2n) is 19.8. The first-order chi connectivity index (χ1) is 31.3. The van der Waals surface area contributed by atoms with Gasteiger partial charge >= 0.3 is 12.1 Å². The van der Waals surface area contributed by atoms with Crippen LogP contribution < -0.4 is 0 Å². The van der Waals surface area contributed by atoms with E-state index in [1.807, 2.05) is 27.0 Å². The van der Waals surface area contributed by atoms with Gasteiger partial charge in [-0.2, -0.15) is 0 Å². The van der Waals surface area contributed by atoms with E-state index in [2.05, 4.69) is 4.90 Å². The number of likely N-dealkylation sites (N-methyl/N-ethyl adjacent to an activating group) is 1. The van der Waals surface area contributed by atoms with Crippen LogP contribution in [0.2, 0.25) is 0 Å². The first-order valence-electron chi connectivity index (χ1n) is 24.2. The molecule has 0 aromatic heterocycles. The number of ketones is 2. The zero-order valence-electron chi connectivity index (χ0n) is 41.0. The van der Waals surface area contributed by atoms with Crippen molar-refractivity contribution in [2.45, 2.75) is 174 Å². The maximum Gasteiger partial charge on any atom is 0.410 e. The highest BCUT2D eigenvalue weighted by atomic mass is 16.7. The molecule has 17 heteroatoms. The van der Waals surface area contributed by atoms with Crippen LogP contribution in [-0.2, 0) is 47.6 Å². The normalized spacial score (nSPS) is 39.2. The molecule has 0 aromatic carbocycles. The van der Waals surface area contributed by atoms with Gasteiger partial charge in [0.15, 0.2) is 0 Å². The summed E-state index contributed by atoms with van der Waals surface area (Å²) in [7, 11) is 6.54. The number of aliphatic hydroxyl groups excluding tert-OH is 2. The minimum atomic E-state index is -2.59. The number of allylic oxidation sites excluding steroid dienone is 2. The number of ether oxygens (including phenoxy) is 6. The number of hydrogen-bond donors (Lipinski definition) is 3. The van der Waals surface area contributed by atoms with Gasteiger partial charge in [0.05, 0.1) is 30.5 Å². The van der Waals surface area contributed by atoms with Gasteiger partial charge in [-0.3, -0.25) is 14.4 Å². The summed E-state index contributed by atoms with van der Waals surface area (Å²) in [5, 5.41) is 35.5. The van der Waals surface area contributed by atoms with E-state index >= 15 is 0 Å². The monoisotopic (exact) mass is 950 g/mol. The molecule has 3 N–H and O–H groups in total. The predicted molar refractivity (Wildman–Crippen MR) is 250 cm³/mol. The summed E-state index contributed by atoms with van der Waals surface area (Å²) >= 11 is 0. The van der Waals surface area contributed by atoms with E-state index in [9.17, 15) is 39.3 Å². The number of amides is 2. The number of nitrogens with zero attached hydrogens (tertiary/aromatic N) is 3. The number of hydrogen-bond acceptors (Lipinski definition) is 15. The summed E-state index contributed by atoms with van der Waals surface area (Å²) in [5.41, 5.74) is 1.16. The molecule has 15 atom stereocenters. The average molecular weight is 950 g/mol. The molecular weight excluding hydrogens is 867 g/mol. The first kappa shape index (κ1) is 56.3.